The summed E-state index contributed by atoms with van der Waals surface area (Å²) in [7, 11) is -0.199. The lowest BCUT2D eigenvalue weighted by atomic mass is 9.96. The van der Waals surface area contributed by atoms with Crippen LogP contribution >= 0.6 is 0 Å². The lowest BCUT2D eigenvalue weighted by Crippen LogP contribution is -2.43. The Bertz CT molecular complexity index is 948. The van der Waals surface area contributed by atoms with E-state index in [-0.39, 0.29) is 16.7 Å². The highest BCUT2D eigenvalue weighted by atomic mass is 32.2. The standard InChI is InChI=1S/C23H30N2O4S/c1-4-18-5-7-19(8-6-18)17-24(2)23(26)20-13-15-25(16-14-20)30(27,28)22-11-9-21(29-3)10-12-22/h5-12,20H,4,13-17H2,1-3H3. The molecule has 1 heterocycles. The van der Waals surface area contributed by atoms with E-state index >= 15 is 0 Å². The number of amides is 1. The van der Waals surface area contributed by atoms with Gasteiger partial charge in [-0.15, -0.1) is 0 Å². The normalized spacial score (nSPS) is 15.7. The van der Waals surface area contributed by atoms with Gasteiger partial charge in [0.1, 0.15) is 5.75 Å². The molecule has 0 atom stereocenters. The molecule has 1 fully saturated rings. The van der Waals surface area contributed by atoms with Crippen LogP contribution in [0.25, 0.3) is 0 Å². The summed E-state index contributed by atoms with van der Waals surface area (Å²) >= 11 is 0. The molecule has 30 heavy (non-hydrogen) atoms. The van der Waals surface area contributed by atoms with Gasteiger partial charge < -0.3 is 9.64 Å². The number of ether oxygens (including phenoxy) is 1. The first kappa shape index (κ1) is 22.3. The molecule has 0 unspecified atom stereocenters. The molecule has 1 aliphatic heterocycles. The lowest BCUT2D eigenvalue weighted by molar-refractivity contribution is -0.135. The molecule has 0 bridgehead atoms. The van der Waals surface area contributed by atoms with E-state index in [0.717, 1.165) is 12.0 Å². The molecule has 2 aromatic rings. The number of methoxy groups -OCH3 is 1. The van der Waals surface area contributed by atoms with Crippen molar-refractivity contribution in [3.63, 3.8) is 0 Å². The zero-order chi connectivity index (χ0) is 21.7. The van der Waals surface area contributed by atoms with Crippen LogP contribution < -0.4 is 4.74 Å². The van der Waals surface area contributed by atoms with Crippen molar-refractivity contribution < 1.29 is 17.9 Å². The van der Waals surface area contributed by atoms with E-state index in [0.29, 0.717) is 38.2 Å². The first-order valence-corrected chi connectivity index (χ1v) is 11.8. The van der Waals surface area contributed by atoms with E-state index < -0.39 is 10.0 Å². The Morgan fingerprint density at radius 1 is 1.03 bits per heavy atom. The Morgan fingerprint density at radius 2 is 1.60 bits per heavy atom. The van der Waals surface area contributed by atoms with E-state index in [1.807, 2.05) is 7.05 Å². The predicted molar refractivity (Wildman–Crippen MR) is 117 cm³/mol. The predicted octanol–water partition coefficient (Wildman–Crippen LogP) is 3.32. The minimum absolute atomic E-state index is 0.0797. The number of aryl methyl sites for hydroxylation is 1. The Labute approximate surface area is 179 Å². The Morgan fingerprint density at radius 3 is 2.13 bits per heavy atom. The van der Waals surface area contributed by atoms with Crippen molar-refractivity contribution in [2.45, 2.75) is 37.6 Å². The van der Waals surface area contributed by atoms with Crippen LogP contribution in [-0.2, 0) is 27.8 Å². The number of carbonyl (C=O) groups is 1. The van der Waals surface area contributed by atoms with E-state index in [1.165, 1.54) is 9.87 Å². The highest BCUT2D eigenvalue weighted by Crippen LogP contribution is 2.26. The second-order valence-corrected chi connectivity index (χ2v) is 9.66. The SMILES string of the molecule is CCc1ccc(CN(C)C(=O)C2CCN(S(=O)(=O)c3ccc(OC)cc3)CC2)cc1. The van der Waals surface area contributed by atoms with Crippen LogP contribution in [0.2, 0.25) is 0 Å². The van der Waals surface area contributed by atoms with E-state index in [9.17, 15) is 13.2 Å². The first-order chi connectivity index (χ1) is 14.3. The van der Waals surface area contributed by atoms with Crippen LogP contribution in [0.4, 0.5) is 0 Å². The van der Waals surface area contributed by atoms with Gasteiger partial charge in [0.15, 0.2) is 0 Å². The third kappa shape index (κ3) is 5.02. The van der Waals surface area contributed by atoms with Crippen molar-refractivity contribution in [3.8, 4) is 5.75 Å². The van der Waals surface area contributed by atoms with Crippen LogP contribution in [0.5, 0.6) is 5.75 Å². The minimum Gasteiger partial charge on any atom is -0.497 e. The Balaban J connectivity index is 1.57. The van der Waals surface area contributed by atoms with Crippen molar-refractivity contribution in [3.05, 3.63) is 59.7 Å². The highest BCUT2D eigenvalue weighted by molar-refractivity contribution is 7.89. The second kappa shape index (κ2) is 9.62. The van der Waals surface area contributed by atoms with Gasteiger partial charge in [-0.1, -0.05) is 31.2 Å². The quantitative estimate of drug-likeness (QED) is 0.676. The van der Waals surface area contributed by atoms with Gasteiger partial charge in [-0.25, -0.2) is 8.42 Å². The second-order valence-electron chi connectivity index (χ2n) is 7.72. The Hall–Kier alpha value is -2.38. The number of nitrogens with zero attached hydrogens (tertiary/aromatic N) is 2. The molecular weight excluding hydrogens is 400 g/mol. The molecule has 6 nitrogen and oxygen atoms in total. The molecule has 0 N–H and O–H groups in total. The maximum absolute atomic E-state index is 12.9. The number of rotatable bonds is 7. The first-order valence-electron chi connectivity index (χ1n) is 10.3. The van der Waals surface area contributed by atoms with E-state index in [1.54, 1.807) is 36.3 Å². The monoisotopic (exact) mass is 430 g/mol. The van der Waals surface area contributed by atoms with E-state index in [4.69, 9.17) is 4.74 Å². The molecule has 0 aromatic heterocycles. The van der Waals surface area contributed by atoms with Crippen LogP contribution in [0, 0.1) is 5.92 Å². The van der Waals surface area contributed by atoms with Crippen LogP contribution in [0.15, 0.2) is 53.4 Å². The van der Waals surface area contributed by atoms with Gasteiger partial charge >= 0.3 is 0 Å². The number of hydrogen-bond acceptors (Lipinski definition) is 4. The number of hydrogen-bond donors (Lipinski definition) is 0. The van der Waals surface area contributed by atoms with E-state index in [2.05, 4.69) is 31.2 Å². The summed E-state index contributed by atoms with van der Waals surface area (Å²) in [6.07, 6.45) is 2.06. The number of sulfonamides is 1. The lowest BCUT2D eigenvalue weighted by Gasteiger charge is -2.32. The summed E-state index contributed by atoms with van der Waals surface area (Å²) in [5, 5.41) is 0. The minimum atomic E-state index is -3.56. The van der Waals surface area contributed by atoms with Crippen molar-refractivity contribution in [1.29, 1.82) is 0 Å². The fourth-order valence-electron chi connectivity index (χ4n) is 3.78. The maximum atomic E-state index is 12.9. The van der Waals surface area contributed by atoms with Gasteiger partial charge in [0.2, 0.25) is 15.9 Å². The molecule has 0 spiro atoms. The third-order valence-electron chi connectivity index (χ3n) is 5.73. The maximum Gasteiger partial charge on any atom is 0.243 e. The summed E-state index contributed by atoms with van der Waals surface area (Å²) in [5.41, 5.74) is 2.38. The average molecular weight is 431 g/mol. The van der Waals surface area contributed by atoms with Crippen LogP contribution in [0.1, 0.15) is 30.9 Å². The summed E-state index contributed by atoms with van der Waals surface area (Å²) in [4.78, 5) is 14.9. The number of benzene rings is 2. The van der Waals surface area contributed by atoms with Gasteiger partial charge in [0, 0.05) is 32.6 Å². The average Bonchev–Trinajstić information content (AvgIpc) is 2.79. The largest absolute Gasteiger partial charge is 0.497 e. The summed E-state index contributed by atoms with van der Waals surface area (Å²) in [6.45, 7) is 3.38. The summed E-state index contributed by atoms with van der Waals surface area (Å²) < 4.78 is 32.3. The molecular formula is C23H30N2O4S. The van der Waals surface area contributed by atoms with Crippen molar-refractivity contribution in [2.24, 2.45) is 5.92 Å². The summed E-state index contributed by atoms with van der Waals surface area (Å²) in [5.74, 6) is 0.550. The number of carbonyl (C=O) groups excluding carboxylic acids is 1. The highest BCUT2D eigenvalue weighted by Gasteiger charge is 2.33. The zero-order valence-corrected chi connectivity index (χ0v) is 18.7. The van der Waals surface area contributed by atoms with Crippen molar-refractivity contribution in [2.75, 3.05) is 27.2 Å². The molecule has 2 aromatic carbocycles. The molecule has 7 heteroatoms. The third-order valence-corrected chi connectivity index (χ3v) is 7.64. The zero-order valence-electron chi connectivity index (χ0n) is 17.9. The van der Waals surface area contributed by atoms with Gasteiger partial charge in [-0.3, -0.25) is 4.79 Å². The fraction of sp³-hybridized carbons (Fsp3) is 0.435. The molecule has 0 aliphatic carbocycles. The van der Waals surface area contributed by atoms with Crippen molar-refractivity contribution in [1.82, 2.24) is 9.21 Å². The Kier molecular flexibility index (Phi) is 7.15. The smallest absolute Gasteiger partial charge is 0.243 e. The van der Waals surface area contributed by atoms with Crippen LogP contribution in [-0.4, -0.2) is 50.8 Å². The fourth-order valence-corrected chi connectivity index (χ4v) is 5.25. The molecule has 1 aliphatic rings. The molecule has 3 rings (SSSR count). The van der Waals surface area contributed by atoms with Gasteiger partial charge in [-0.2, -0.15) is 4.31 Å². The van der Waals surface area contributed by atoms with Crippen molar-refractivity contribution >= 4 is 15.9 Å². The summed E-state index contributed by atoms with van der Waals surface area (Å²) in [6, 6.07) is 14.7. The molecule has 0 saturated carbocycles. The topological polar surface area (TPSA) is 66.9 Å². The molecule has 1 amide bonds. The van der Waals surface area contributed by atoms with Gasteiger partial charge in [-0.05, 0) is 54.7 Å². The van der Waals surface area contributed by atoms with Gasteiger partial charge in [0.05, 0.1) is 12.0 Å². The number of piperidine rings is 1. The molecule has 162 valence electrons. The van der Waals surface area contributed by atoms with Crippen LogP contribution in [0.3, 0.4) is 0 Å². The molecule has 0 radical (unpaired) electrons. The molecule has 1 saturated heterocycles. The van der Waals surface area contributed by atoms with Gasteiger partial charge in [0.25, 0.3) is 0 Å².